The number of alkyl halides is 7. The van der Waals surface area contributed by atoms with Gasteiger partial charge in [-0.1, -0.05) is 0 Å². The van der Waals surface area contributed by atoms with E-state index >= 15 is 0 Å². The monoisotopic (exact) mass is 362 g/mol. The molecule has 0 saturated heterocycles. The Morgan fingerprint density at radius 1 is 1.00 bits per heavy atom. The minimum absolute atomic E-state index is 0.00616. The molecule has 0 atom stereocenters. The van der Waals surface area contributed by atoms with Gasteiger partial charge in [0.05, 0.1) is 6.42 Å². The zero-order valence-corrected chi connectivity index (χ0v) is 11.5. The number of aliphatic carboxylic acids is 1. The molecule has 0 aliphatic carbocycles. The number of rotatable bonds is 5. The van der Waals surface area contributed by atoms with Crippen molar-refractivity contribution in [3.8, 4) is 0 Å². The van der Waals surface area contributed by atoms with E-state index in [9.17, 15) is 40.3 Å². The predicted molar refractivity (Wildman–Crippen MR) is 64.6 cm³/mol. The van der Waals surface area contributed by atoms with E-state index in [4.69, 9.17) is 5.11 Å². The van der Waals surface area contributed by atoms with Gasteiger partial charge < -0.3 is 10.4 Å². The lowest BCUT2D eigenvalue weighted by Gasteiger charge is -2.30. The molecule has 0 saturated carbocycles. The van der Waals surface area contributed by atoms with Gasteiger partial charge >= 0.3 is 24.0 Å². The summed E-state index contributed by atoms with van der Waals surface area (Å²) in [5, 5.41) is 10.3. The van der Waals surface area contributed by atoms with Gasteiger partial charge in [-0.25, -0.2) is 9.37 Å². The van der Waals surface area contributed by atoms with Gasteiger partial charge in [-0.2, -0.15) is 26.3 Å². The number of carbonyl (C=O) groups is 2. The quantitative estimate of drug-likeness (QED) is 0.789. The number of hydrogen-bond donors (Lipinski definition) is 2. The molecule has 24 heavy (non-hydrogen) atoms. The zero-order valence-electron chi connectivity index (χ0n) is 11.5. The summed E-state index contributed by atoms with van der Waals surface area (Å²) in [6.45, 7) is 0. The molecule has 0 radical (unpaired) electrons. The highest BCUT2D eigenvalue weighted by molar-refractivity contribution is 5.91. The lowest BCUT2D eigenvalue weighted by molar-refractivity contribution is -0.348. The standard InChI is InChI=1S/C12H9F7N2O3/c13-10(11(14,15)16,12(17,18)19)6-1-2-7(20-5-6)21-8(22)3-4-9(23)24/h1-2,5H,3-4H2,(H,23,24)(H,20,21,22). The van der Waals surface area contributed by atoms with Crippen molar-refractivity contribution in [1.29, 1.82) is 0 Å². The summed E-state index contributed by atoms with van der Waals surface area (Å²) in [5.41, 5.74) is -7.41. The summed E-state index contributed by atoms with van der Waals surface area (Å²) in [6, 6.07) is 0.723. The molecule has 1 heterocycles. The SMILES string of the molecule is O=C(O)CCC(=O)Nc1ccc(C(F)(C(F)(F)F)C(F)(F)F)cn1. The highest BCUT2D eigenvalue weighted by Gasteiger charge is 2.73. The van der Waals surface area contributed by atoms with Crippen LogP contribution in [0.25, 0.3) is 0 Å². The van der Waals surface area contributed by atoms with Crippen LogP contribution in [-0.4, -0.2) is 34.3 Å². The van der Waals surface area contributed by atoms with E-state index in [0.717, 1.165) is 0 Å². The van der Waals surface area contributed by atoms with E-state index in [1.807, 2.05) is 5.32 Å². The second-order valence-corrected chi connectivity index (χ2v) is 4.53. The van der Waals surface area contributed by atoms with E-state index in [1.54, 1.807) is 0 Å². The largest absolute Gasteiger partial charge is 0.481 e. The van der Waals surface area contributed by atoms with E-state index in [0.29, 0.717) is 6.07 Å². The molecule has 134 valence electrons. The van der Waals surface area contributed by atoms with Gasteiger partial charge in [0.1, 0.15) is 5.82 Å². The molecule has 0 aromatic carbocycles. The lowest BCUT2D eigenvalue weighted by atomic mass is 9.96. The fourth-order valence-electron chi connectivity index (χ4n) is 1.59. The molecule has 1 aromatic rings. The highest BCUT2D eigenvalue weighted by atomic mass is 19.4. The van der Waals surface area contributed by atoms with Crippen molar-refractivity contribution in [1.82, 2.24) is 4.98 Å². The number of nitrogens with zero attached hydrogens (tertiary/aromatic N) is 1. The van der Waals surface area contributed by atoms with Gasteiger partial charge in [-0.15, -0.1) is 0 Å². The molecule has 1 amide bonds. The molecule has 12 heteroatoms. The molecular weight excluding hydrogens is 353 g/mol. The third-order valence-electron chi connectivity index (χ3n) is 2.78. The van der Waals surface area contributed by atoms with E-state index in [2.05, 4.69) is 4.98 Å². The van der Waals surface area contributed by atoms with Crippen molar-refractivity contribution < 1.29 is 45.4 Å². The van der Waals surface area contributed by atoms with Crippen LogP contribution in [0, 0.1) is 0 Å². The summed E-state index contributed by atoms with van der Waals surface area (Å²) in [5.74, 6) is -2.62. The number of carboxylic acids is 1. The first-order valence-corrected chi connectivity index (χ1v) is 6.09. The number of carboxylic acid groups (broad SMARTS) is 1. The minimum atomic E-state index is -6.26. The molecule has 0 spiro atoms. The Labute approximate surface area is 129 Å². The maximum Gasteiger partial charge on any atom is 0.436 e. The van der Waals surface area contributed by atoms with Crippen LogP contribution < -0.4 is 5.32 Å². The molecule has 1 rings (SSSR count). The van der Waals surface area contributed by atoms with Gasteiger partial charge in [-0.05, 0) is 12.1 Å². The molecule has 0 aliphatic rings. The van der Waals surface area contributed by atoms with Gasteiger partial charge in [0, 0.05) is 18.2 Å². The third-order valence-corrected chi connectivity index (χ3v) is 2.78. The van der Waals surface area contributed by atoms with E-state index in [1.165, 1.54) is 0 Å². The Morgan fingerprint density at radius 2 is 1.54 bits per heavy atom. The van der Waals surface area contributed by atoms with Crippen molar-refractivity contribution in [3.63, 3.8) is 0 Å². The van der Waals surface area contributed by atoms with E-state index < -0.39 is 54.1 Å². The van der Waals surface area contributed by atoms with Gasteiger partial charge in [0.15, 0.2) is 0 Å². The molecule has 0 fully saturated rings. The fraction of sp³-hybridized carbons (Fsp3) is 0.417. The summed E-state index contributed by atoms with van der Waals surface area (Å²) >= 11 is 0. The van der Waals surface area contributed by atoms with Crippen LogP contribution in [0.1, 0.15) is 18.4 Å². The van der Waals surface area contributed by atoms with Crippen LogP contribution in [0.4, 0.5) is 36.6 Å². The number of nitrogens with one attached hydrogen (secondary N) is 1. The summed E-state index contributed by atoms with van der Waals surface area (Å²) < 4.78 is 88.8. The number of aromatic nitrogens is 1. The van der Waals surface area contributed by atoms with Crippen LogP contribution >= 0.6 is 0 Å². The molecule has 0 unspecified atom stereocenters. The maximum atomic E-state index is 13.7. The predicted octanol–water partition coefficient (Wildman–Crippen LogP) is 3.17. The second-order valence-electron chi connectivity index (χ2n) is 4.53. The van der Waals surface area contributed by atoms with Crippen LogP contribution in [0.15, 0.2) is 18.3 Å². The Bertz CT molecular complexity index is 597. The Balaban J connectivity index is 3.01. The smallest absolute Gasteiger partial charge is 0.436 e. The first-order chi connectivity index (χ1) is 10.8. The second kappa shape index (κ2) is 6.61. The Morgan fingerprint density at radius 3 is 1.92 bits per heavy atom. The molecule has 1 aromatic heterocycles. The summed E-state index contributed by atoms with van der Waals surface area (Å²) in [6.07, 6.45) is -13.6. The van der Waals surface area contributed by atoms with E-state index in [-0.39, 0.29) is 12.3 Å². The van der Waals surface area contributed by atoms with Crippen LogP contribution in [0.5, 0.6) is 0 Å². The molecule has 5 nitrogen and oxygen atoms in total. The van der Waals surface area contributed by atoms with Crippen molar-refractivity contribution in [2.24, 2.45) is 0 Å². The summed E-state index contributed by atoms with van der Waals surface area (Å²) in [7, 11) is 0. The van der Waals surface area contributed by atoms with Gasteiger partial charge in [0.2, 0.25) is 5.91 Å². The molecule has 0 bridgehead atoms. The van der Waals surface area contributed by atoms with Crippen LogP contribution in [-0.2, 0) is 15.3 Å². The summed E-state index contributed by atoms with van der Waals surface area (Å²) in [4.78, 5) is 24.6. The lowest BCUT2D eigenvalue weighted by Crippen LogP contribution is -2.50. The van der Waals surface area contributed by atoms with Gasteiger partial charge in [0.25, 0.3) is 0 Å². The molecule has 2 N–H and O–H groups in total. The molecular formula is C12H9F7N2O3. The third kappa shape index (κ3) is 4.11. The zero-order chi connectivity index (χ0) is 18.8. The Hall–Kier alpha value is -2.40. The van der Waals surface area contributed by atoms with Gasteiger partial charge in [-0.3, -0.25) is 9.59 Å². The first-order valence-electron chi connectivity index (χ1n) is 6.09. The van der Waals surface area contributed by atoms with Crippen molar-refractivity contribution in [2.45, 2.75) is 30.9 Å². The number of halogens is 7. The highest BCUT2D eigenvalue weighted by Crippen LogP contribution is 2.53. The fourth-order valence-corrected chi connectivity index (χ4v) is 1.59. The van der Waals surface area contributed by atoms with Crippen LogP contribution in [0.3, 0.4) is 0 Å². The number of amides is 1. The van der Waals surface area contributed by atoms with Crippen LogP contribution in [0.2, 0.25) is 0 Å². The average Bonchev–Trinajstić information content (AvgIpc) is 2.42. The van der Waals surface area contributed by atoms with Crippen molar-refractivity contribution >= 4 is 17.7 Å². The number of anilines is 1. The first kappa shape index (κ1) is 19.6. The topological polar surface area (TPSA) is 79.3 Å². The molecule has 0 aliphatic heterocycles. The van der Waals surface area contributed by atoms with Crippen molar-refractivity contribution in [3.05, 3.63) is 23.9 Å². The Kier molecular flexibility index (Phi) is 5.41. The maximum absolute atomic E-state index is 13.7. The minimum Gasteiger partial charge on any atom is -0.481 e. The average molecular weight is 362 g/mol. The number of carbonyl (C=O) groups excluding carboxylic acids is 1. The number of pyridine rings is 1. The number of hydrogen-bond acceptors (Lipinski definition) is 3. The van der Waals surface area contributed by atoms with Crippen molar-refractivity contribution in [2.75, 3.05) is 5.32 Å². The normalized spacial score (nSPS) is 12.8.